The highest BCUT2D eigenvalue weighted by molar-refractivity contribution is 5.98. The van der Waals surface area contributed by atoms with Gasteiger partial charge >= 0.3 is 12.1 Å². The molecule has 7 heteroatoms. The van der Waals surface area contributed by atoms with Crippen molar-refractivity contribution in [3.63, 3.8) is 0 Å². The Labute approximate surface area is 116 Å². The lowest BCUT2D eigenvalue weighted by atomic mass is 9.98. The minimum atomic E-state index is -4.85. The molecule has 0 amide bonds. The highest BCUT2D eigenvalue weighted by atomic mass is 19.4. The van der Waals surface area contributed by atoms with Crippen LogP contribution in [0.4, 0.5) is 23.2 Å². The molecule has 0 saturated carbocycles. The number of halogens is 4. The van der Waals surface area contributed by atoms with Gasteiger partial charge in [0.1, 0.15) is 5.82 Å². The number of hydrogen-bond donors (Lipinski definition) is 2. The Morgan fingerprint density at radius 2 is 1.81 bits per heavy atom. The van der Waals surface area contributed by atoms with Crippen LogP contribution in [0, 0.1) is 5.82 Å². The number of para-hydroxylation sites is 1. The molecule has 2 aromatic rings. The number of rotatable bonds is 2. The molecule has 3 N–H and O–H groups in total. The topological polar surface area (TPSA) is 63.3 Å². The summed E-state index contributed by atoms with van der Waals surface area (Å²) in [5.41, 5.74) is 3.91. The van der Waals surface area contributed by atoms with E-state index in [9.17, 15) is 22.4 Å². The van der Waals surface area contributed by atoms with Crippen LogP contribution >= 0.6 is 0 Å². The molecule has 0 aliphatic carbocycles. The molecule has 21 heavy (non-hydrogen) atoms. The van der Waals surface area contributed by atoms with Crippen molar-refractivity contribution in [3.8, 4) is 11.1 Å². The quantitative estimate of drug-likeness (QED) is 0.655. The van der Waals surface area contributed by atoms with E-state index in [1.807, 2.05) is 0 Å². The molecule has 0 aliphatic rings. The van der Waals surface area contributed by atoms with Crippen molar-refractivity contribution in [2.24, 2.45) is 0 Å². The number of aromatic carboxylic acids is 1. The summed E-state index contributed by atoms with van der Waals surface area (Å²) >= 11 is 0. The molecule has 0 radical (unpaired) electrons. The smallest absolute Gasteiger partial charge is 0.419 e. The van der Waals surface area contributed by atoms with Crippen LogP contribution in [-0.4, -0.2) is 11.1 Å². The lowest BCUT2D eigenvalue weighted by Gasteiger charge is -2.12. The Morgan fingerprint density at radius 3 is 2.38 bits per heavy atom. The Kier molecular flexibility index (Phi) is 3.59. The predicted molar refractivity (Wildman–Crippen MR) is 68.2 cm³/mol. The fraction of sp³-hybridized carbons (Fsp3) is 0.0714. The lowest BCUT2D eigenvalue weighted by Crippen LogP contribution is -2.09. The molecule has 0 heterocycles. The van der Waals surface area contributed by atoms with Crippen molar-refractivity contribution in [1.29, 1.82) is 0 Å². The van der Waals surface area contributed by atoms with Crippen LogP contribution < -0.4 is 5.73 Å². The number of benzene rings is 2. The summed E-state index contributed by atoms with van der Waals surface area (Å²) in [6.07, 6.45) is -4.85. The molecular formula is C14H9F4NO2. The van der Waals surface area contributed by atoms with Crippen LogP contribution in [0.2, 0.25) is 0 Å². The molecule has 2 rings (SSSR count). The third-order valence-corrected chi connectivity index (χ3v) is 2.92. The second kappa shape index (κ2) is 5.08. The minimum Gasteiger partial charge on any atom is -0.478 e. The monoisotopic (exact) mass is 299 g/mol. The van der Waals surface area contributed by atoms with E-state index in [-0.39, 0.29) is 22.4 Å². The van der Waals surface area contributed by atoms with Crippen molar-refractivity contribution in [1.82, 2.24) is 0 Å². The van der Waals surface area contributed by atoms with Crippen molar-refractivity contribution >= 4 is 11.7 Å². The number of carboxylic acids is 1. The molecule has 0 spiro atoms. The molecule has 2 aromatic carbocycles. The van der Waals surface area contributed by atoms with Gasteiger partial charge in [-0.25, -0.2) is 9.18 Å². The first kappa shape index (κ1) is 14.8. The Bertz CT molecular complexity index is 711. The van der Waals surface area contributed by atoms with Crippen molar-refractivity contribution in [3.05, 3.63) is 53.3 Å². The fourth-order valence-electron chi connectivity index (χ4n) is 1.91. The molecule has 0 unspecified atom stereocenters. The number of carbonyl (C=O) groups is 1. The van der Waals surface area contributed by atoms with Crippen LogP contribution in [-0.2, 0) is 6.18 Å². The fourth-order valence-corrected chi connectivity index (χ4v) is 1.91. The molecule has 110 valence electrons. The second-order valence-electron chi connectivity index (χ2n) is 4.26. The standard InChI is InChI=1S/C14H9F4NO2/c15-11-5-4-7(6-10(11)14(16,17)18)8-2-1-3-9(12(8)19)13(20)21/h1-6H,19H2,(H,20,21). The lowest BCUT2D eigenvalue weighted by molar-refractivity contribution is -0.139. The van der Waals surface area contributed by atoms with E-state index in [4.69, 9.17) is 10.8 Å². The maximum absolute atomic E-state index is 13.2. The van der Waals surface area contributed by atoms with E-state index in [0.717, 1.165) is 6.07 Å². The van der Waals surface area contributed by atoms with Gasteiger partial charge in [-0.05, 0) is 23.8 Å². The van der Waals surface area contributed by atoms with Crippen molar-refractivity contribution in [2.75, 3.05) is 5.73 Å². The van der Waals surface area contributed by atoms with Gasteiger partial charge < -0.3 is 10.8 Å². The third kappa shape index (κ3) is 2.81. The first-order chi connectivity index (χ1) is 9.71. The van der Waals surface area contributed by atoms with Crippen molar-refractivity contribution in [2.45, 2.75) is 6.18 Å². The Hall–Kier alpha value is -2.57. The highest BCUT2D eigenvalue weighted by Gasteiger charge is 2.34. The van der Waals surface area contributed by atoms with Gasteiger partial charge in [-0.15, -0.1) is 0 Å². The van der Waals surface area contributed by atoms with Gasteiger partial charge in [-0.3, -0.25) is 0 Å². The second-order valence-corrected chi connectivity index (χ2v) is 4.26. The maximum Gasteiger partial charge on any atom is 0.419 e. The van der Waals surface area contributed by atoms with Gasteiger partial charge in [0, 0.05) is 5.56 Å². The summed E-state index contributed by atoms with van der Waals surface area (Å²) in [7, 11) is 0. The zero-order valence-corrected chi connectivity index (χ0v) is 10.4. The number of anilines is 1. The van der Waals surface area contributed by atoms with Gasteiger partial charge in [0.2, 0.25) is 0 Å². The van der Waals surface area contributed by atoms with Crippen LogP contribution in [0.1, 0.15) is 15.9 Å². The number of carboxylic acid groups (broad SMARTS) is 1. The average molecular weight is 299 g/mol. The first-order valence-corrected chi connectivity index (χ1v) is 5.70. The Balaban J connectivity index is 2.64. The molecular weight excluding hydrogens is 290 g/mol. The summed E-state index contributed by atoms with van der Waals surface area (Å²) in [5, 5.41) is 8.94. The van der Waals surface area contributed by atoms with Crippen LogP contribution in [0.25, 0.3) is 11.1 Å². The number of hydrogen-bond acceptors (Lipinski definition) is 2. The SMILES string of the molecule is Nc1c(C(=O)O)cccc1-c1ccc(F)c(C(F)(F)F)c1. The summed E-state index contributed by atoms with van der Waals surface area (Å²) in [4.78, 5) is 11.0. The summed E-state index contributed by atoms with van der Waals surface area (Å²) < 4.78 is 51.3. The molecule has 0 aliphatic heterocycles. The largest absolute Gasteiger partial charge is 0.478 e. The van der Waals surface area contributed by atoms with E-state index in [2.05, 4.69) is 0 Å². The molecule has 0 fully saturated rings. The zero-order valence-electron chi connectivity index (χ0n) is 10.4. The van der Waals surface area contributed by atoms with Crippen LogP contribution in [0.15, 0.2) is 36.4 Å². The average Bonchev–Trinajstić information content (AvgIpc) is 2.38. The first-order valence-electron chi connectivity index (χ1n) is 5.70. The molecule has 0 atom stereocenters. The zero-order chi connectivity index (χ0) is 15.8. The van der Waals surface area contributed by atoms with Gasteiger partial charge in [0.05, 0.1) is 16.8 Å². The van der Waals surface area contributed by atoms with Gasteiger partial charge in [-0.1, -0.05) is 18.2 Å². The van der Waals surface area contributed by atoms with Gasteiger partial charge in [-0.2, -0.15) is 13.2 Å². The molecule has 0 bridgehead atoms. The van der Waals surface area contributed by atoms with E-state index in [0.29, 0.717) is 12.1 Å². The van der Waals surface area contributed by atoms with E-state index in [1.165, 1.54) is 18.2 Å². The van der Waals surface area contributed by atoms with Gasteiger partial charge in [0.25, 0.3) is 0 Å². The van der Waals surface area contributed by atoms with Gasteiger partial charge in [0.15, 0.2) is 0 Å². The normalized spacial score (nSPS) is 11.4. The number of alkyl halides is 3. The number of nitrogens with two attached hydrogens (primary N) is 1. The molecule has 3 nitrogen and oxygen atoms in total. The summed E-state index contributed by atoms with van der Waals surface area (Å²) in [6, 6.07) is 6.34. The summed E-state index contributed by atoms with van der Waals surface area (Å²) in [5.74, 6) is -2.70. The number of nitrogen functional groups attached to an aromatic ring is 1. The van der Waals surface area contributed by atoms with Crippen molar-refractivity contribution < 1.29 is 27.5 Å². The van der Waals surface area contributed by atoms with E-state index < -0.39 is 23.5 Å². The predicted octanol–water partition coefficient (Wildman–Crippen LogP) is 3.79. The Morgan fingerprint density at radius 1 is 1.14 bits per heavy atom. The highest BCUT2D eigenvalue weighted by Crippen LogP contribution is 2.36. The maximum atomic E-state index is 13.2. The van der Waals surface area contributed by atoms with E-state index in [1.54, 1.807) is 0 Å². The van der Waals surface area contributed by atoms with Crippen LogP contribution in [0.5, 0.6) is 0 Å². The van der Waals surface area contributed by atoms with Crippen LogP contribution in [0.3, 0.4) is 0 Å². The molecule has 0 saturated heterocycles. The molecule has 0 aromatic heterocycles. The summed E-state index contributed by atoms with van der Waals surface area (Å²) in [6.45, 7) is 0. The van der Waals surface area contributed by atoms with E-state index >= 15 is 0 Å². The minimum absolute atomic E-state index is 0.00988. The third-order valence-electron chi connectivity index (χ3n) is 2.92.